The number of pyridine rings is 1. The van der Waals surface area contributed by atoms with E-state index < -0.39 is 0 Å². The van der Waals surface area contributed by atoms with Crippen LogP contribution in [0.2, 0.25) is 0 Å². The monoisotopic (exact) mass is 269 g/mol. The first-order valence-corrected chi connectivity index (χ1v) is 7.11. The summed E-state index contributed by atoms with van der Waals surface area (Å²) in [5.74, 6) is 0. The van der Waals surface area contributed by atoms with Crippen molar-refractivity contribution in [1.82, 2.24) is 9.97 Å². The molecule has 3 aromatic rings. The molecule has 0 atom stereocenters. The highest BCUT2D eigenvalue weighted by molar-refractivity contribution is 7.09. The van der Waals surface area contributed by atoms with E-state index in [1.54, 1.807) is 11.3 Å². The Labute approximate surface area is 116 Å². The molecule has 1 N–H and O–H groups in total. The number of hydrogen-bond donors (Lipinski definition) is 1. The molecule has 0 aliphatic carbocycles. The van der Waals surface area contributed by atoms with Crippen LogP contribution in [0.25, 0.3) is 10.9 Å². The number of aromatic nitrogens is 2. The van der Waals surface area contributed by atoms with Crippen LogP contribution in [0.3, 0.4) is 0 Å². The largest absolute Gasteiger partial charge is 0.378 e. The second-order valence-corrected chi connectivity index (χ2v) is 5.48. The minimum Gasteiger partial charge on any atom is -0.378 e. The lowest BCUT2D eigenvalue weighted by Gasteiger charge is -2.09. The van der Waals surface area contributed by atoms with Crippen molar-refractivity contribution in [3.05, 3.63) is 52.1 Å². The van der Waals surface area contributed by atoms with Crippen LogP contribution in [-0.4, -0.2) is 9.97 Å². The number of nitrogens with zero attached hydrogens (tertiary/aromatic N) is 2. The summed E-state index contributed by atoms with van der Waals surface area (Å²) < 4.78 is 0. The van der Waals surface area contributed by atoms with Crippen LogP contribution >= 0.6 is 11.3 Å². The van der Waals surface area contributed by atoms with Crippen molar-refractivity contribution in [3.8, 4) is 0 Å². The lowest BCUT2D eigenvalue weighted by atomic mass is 10.1. The number of rotatable bonds is 3. The summed E-state index contributed by atoms with van der Waals surface area (Å²) in [5, 5.41) is 4.63. The van der Waals surface area contributed by atoms with Crippen molar-refractivity contribution < 1.29 is 0 Å². The van der Waals surface area contributed by atoms with Gasteiger partial charge in [-0.3, -0.25) is 4.98 Å². The molecule has 0 unspecified atom stereocenters. The molecule has 0 aliphatic heterocycles. The topological polar surface area (TPSA) is 37.8 Å². The third-order valence-electron chi connectivity index (χ3n) is 3.14. The molecule has 96 valence electrons. The van der Waals surface area contributed by atoms with Crippen LogP contribution in [0.4, 0.5) is 5.69 Å². The van der Waals surface area contributed by atoms with Gasteiger partial charge in [-0.25, -0.2) is 4.98 Å². The summed E-state index contributed by atoms with van der Waals surface area (Å²) in [6.45, 7) is 4.85. The van der Waals surface area contributed by atoms with Gasteiger partial charge in [0.05, 0.1) is 29.0 Å². The van der Waals surface area contributed by atoms with E-state index in [2.05, 4.69) is 39.6 Å². The van der Waals surface area contributed by atoms with Crippen LogP contribution in [0, 0.1) is 13.8 Å². The zero-order valence-electron chi connectivity index (χ0n) is 11.0. The number of fused-ring (bicyclic) bond motifs is 1. The molecule has 0 saturated heterocycles. The summed E-state index contributed by atoms with van der Waals surface area (Å²) in [4.78, 5) is 10.2. The van der Waals surface area contributed by atoms with Gasteiger partial charge in [-0.05, 0) is 26.0 Å². The fourth-order valence-electron chi connectivity index (χ4n) is 2.06. The standard InChI is InChI=1S/C15H15N3S/c1-10-6-7-12-4-3-5-13(15(12)18-10)16-8-14-11(2)17-9-19-14/h3-7,9,16H,8H2,1-2H3. The van der Waals surface area contributed by atoms with Crippen molar-refractivity contribution >= 4 is 27.9 Å². The maximum atomic E-state index is 4.62. The number of para-hydroxylation sites is 1. The Morgan fingerprint density at radius 2 is 2.05 bits per heavy atom. The van der Waals surface area contributed by atoms with Crippen LogP contribution in [0.5, 0.6) is 0 Å². The van der Waals surface area contributed by atoms with Gasteiger partial charge in [0.15, 0.2) is 0 Å². The third-order valence-corrected chi connectivity index (χ3v) is 4.08. The minimum atomic E-state index is 0.797. The molecule has 3 nitrogen and oxygen atoms in total. The van der Waals surface area contributed by atoms with Crippen LogP contribution in [-0.2, 0) is 6.54 Å². The molecule has 3 rings (SSSR count). The molecule has 0 spiro atoms. The van der Waals surface area contributed by atoms with Crippen molar-refractivity contribution in [1.29, 1.82) is 0 Å². The van der Waals surface area contributed by atoms with E-state index in [4.69, 9.17) is 0 Å². The average Bonchev–Trinajstić information content (AvgIpc) is 2.82. The molecule has 0 bridgehead atoms. The van der Waals surface area contributed by atoms with E-state index in [0.29, 0.717) is 0 Å². The molecule has 2 aromatic heterocycles. The van der Waals surface area contributed by atoms with E-state index in [1.165, 1.54) is 4.88 Å². The predicted molar refractivity (Wildman–Crippen MR) is 80.7 cm³/mol. The Balaban J connectivity index is 1.92. The lowest BCUT2D eigenvalue weighted by molar-refractivity contribution is 1.12. The molecule has 0 saturated carbocycles. The smallest absolute Gasteiger partial charge is 0.0936 e. The summed E-state index contributed by atoms with van der Waals surface area (Å²) in [5.41, 5.74) is 6.13. The second kappa shape index (κ2) is 4.97. The van der Waals surface area contributed by atoms with E-state index in [9.17, 15) is 0 Å². The SMILES string of the molecule is Cc1ccc2cccc(NCc3scnc3C)c2n1. The van der Waals surface area contributed by atoms with Crippen molar-refractivity contribution in [2.24, 2.45) is 0 Å². The fourth-order valence-corrected chi connectivity index (χ4v) is 2.78. The molecule has 1 aromatic carbocycles. The molecule has 0 aliphatic rings. The van der Waals surface area contributed by atoms with Crippen molar-refractivity contribution in [2.45, 2.75) is 20.4 Å². The maximum Gasteiger partial charge on any atom is 0.0936 e. The minimum absolute atomic E-state index is 0.797. The molecule has 2 heterocycles. The number of thiazole rings is 1. The molecule has 19 heavy (non-hydrogen) atoms. The number of benzene rings is 1. The summed E-state index contributed by atoms with van der Waals surface area (Å²) in [6, 6.07) is 10.4. The van der Waals surface area contributed by atoms with Gasteiger partial charge in [-0.2, -0.15) is 0 Å². The first-order chi connectivity index (χ1) is 9.24. The predicted octanol–water partition coefficient (Wildman–Crippen LogP) is 3.92. The van der Waals surface area contributed by atoms with E-state index in [0.717, 1.165) is 34.5 Å². The van der Waals surface area contributed by atoms with Crippen molar-refractivity contribution in [2.75, 3.05) is 5.32 Å². The summed E-state index contributed by atoms with van der Waals surface area (Å²) >= 11 is 1.68. The summed E-state index contributed by atoms with van der Waals surface area (Å²) in [7, 11) is 0. The molecule has 0 amide bonds. The number of aryl methyl sites for hydroxylation is 2. The van der Waals surface area contributed by atoms with Crippen LogP contribution in [0.15, 0.2) is 35.8 Å². The fraction of sp³-hybridized carbons (Fsp3) is 0.200. The first kappa shape index (κ1) is 12.1. The third kappa shape index (κ3) is 2.44. The highest BCUT2D eigenvalue weighted by atomic mass is 32.1. The van der Waals surface area contributed by atoms with E-state index >= 15 is 0 Å². The quantitative estimate of drug-likeness (QED) is 0.783. The Kier molecular flexibility index (Phi) is 3.17. The molecular formula is C15H15N3S. The van der Waals surface area contributed by atoms with E-state index in [-0.39, 0.29) is 0 Å². The van der Waals surface area contributed by atoms with Crippen LogP contribution < -0.4 is 5.32 Å². The van der Waals surface area contributed by atoms with Crippen LogP contribution in [0.1, 0.15) is 16.3 Å². The average molecular weight is 269 g/mol. The molecule has 0 fully saturated rings. The van der Waals surface area contributed by atoms with Gasteiger partial charge in [-0.1, -0.05) is 18.2 Å². The Morgan fingerprint density at radius 1 is 1.16 bits per heavy atom. The second-order valence-electron chi connectivity index (χ2n) is 4.54. The zero-order valence-corrected chi connectivity index (χ0v) is 11.8. The van der Waals surface area contributed by atoms with Crippen molar-refractivity contribution in [3.63, 3.8) is 0 Å². The van der Waals surface area contributed by atoms with Gasteiger partial charge in [0.2, 0.25) is 0 Å². The maximum absolute atomic E-state index is 4.62. The summed E-state index contributed by atoms with van der Waals surface area (Å²) in [6.07, 6.45) is 0. The Morgan fingerprint density at radius 3 is 2.84 bits per heavy atom. The van der Waals surface area contributed by atoms with Gasteiger partial charge in [-0.15, -0.1) is 11.3 Å². The lowest BCUT2D eigenvalue weighted by Crippen LogP contribution is -2.00. The van der Waals surface area contributed by atoms with Gasteiger partial charge in [0.25, 0.3) is 0 Å². The highest BCUT2D eigenvalue weighted by Gasteiger charge is 2.05. The van der Waals surface area contributed by atoms with Gasteiger partial charge in [0.1, 0.15) is 0 Å². The Bertz CT molecular complexity index is 718. The van der Waals surface area contributed by atoms with Gasteiger partial charge in [0, 0.05) is 16.0 Å². The van der Waals surface area contributed by atoms with Gasteiger partial charge < -0.3 is 5.32 Å². The number of hydrogen-bond acceptors (Lipinski definition) is 4. The molecular weight excluding hydrogens is 254 g/mol. The highest BCUT2D eigenvalue weighted by Crippen LogP contribution is 2.23. The van der Waals surface area contributed by atoms with Gasteiger partial charge >= 0.3 is 0 Å². The Hall–Kier alpha value is -1.94. The zero-order chi connectivity index (χ0) is 13.2. The van der Waals surface area contributed by atoms with E-state index in [1.807, 2.05) is 25.4 Å². The molecule has 0 radical (unpaired) electrons. The number of nitrogens with one attached hydrogen (secondary N) is 1. The normalized spacial score (nSPS) is 10.8. The molecule has 4 heteroatoms. The first-order valence-electron chi connectivity index (χ1n) is 6.23. The number of anilines is 1.